The molecule has 2 aromatic carbocycles. The van der Waals surface area contributed by atoms with E-state index < -0.39 is 11.9 Å². The molecule has 0 unspecified atom stereocenters. The van der Waals surface area contributed by atoms with Crippen molar-refractivity contribution >= 4 is 17.6 Å². The van der Waals surface area contributed by atoms with Gasteiger partial charge in [0.15, 0.2) is 0 Å². The first-order chi connectivity index (χ1) is 13.6. The Morgan fingerprint density at radius 2 is 1.71 bits per heavy atom. The molecule has 0 bridgehead atoms. The molecule has 2 rings (SSSR count). The maximum atomic E-state index is 12.0. The number of rotatable bonds is 10. The normalized spacial score (nSPS) is 9.68. The van der Waals surface area contributed by atoms with Crippen molar-refractivity contribution in [1.29, 1.82) is 5.26 Å². The van der Waals surface area contributed by atoms with Gasteiger partial charge in [-0.05, 0) is 61.4 Å². The van der Waals surface area contributed by atoms with E-state index in [0.717, 1.165) is 12.5 Å². The maximum Gasteiger partial charge on any atom is 0.362 e. The molecule has 7 heteroatoms. The van der Waals surface area contributed by atoms with Crippen LogP contribution in [0, 0.1) is 11.3 Å². The number of ether oxygens (including phenoxy) is 2. The lowest BCUT2D eigenvalue weighted by Crippen LogP contribution is -2.10. The Bertz CT molecular complexity index is 839. The number of nitrogens with zero attached hydrogens (tertiary/aromatic N) is 1. The second-order valence-corrected chi connectivity index (χ2v) is 5.63. The highest BCUT2D eigenvalue weighted by Crippen LogP contribution is 2.14. The number of benzene rings is 2. The van der Waals surface area contributed by atoms with Crippen LogP contribution in [0.5, 0.6) is 5.75 Å². The minimum Gasteiger partial charge on any atom is -0.494 e. The van der Waals surface area contributed by atoms with E-state index in [2.05, 4.69) is 12.1 Å². The molecule has 2 aromatic rings. The number of nitriles is 1. The number of carbonyl (C=O) groups is 2. The van der Waals surface area contributed by atoms with Gasteiger partial charge in [0.1, 0.15) is 5.75 Å². The van der Waals surface area contributed by atoms with Gasteiger partial charge in [-0.15, -0.1) is 0 Å². The van der Waals surface area contributed by atoms with Crippen LogP contribution in [0.15, 0.2) is 61.2 Å². The van der Waals surface area contributed by atoms with Crippen molar-refractivity contribution in [1.82, 2.24) is 0 Å². The molecular weight excluding hydrogens is 360 g/mol. The number of unbranched alkanes of at least 4 members (excludes halogenated alkanes) is 1. The highest BCUT2D eigenvalue weighted by Gasteiger charge is 2.08. The second-order valence-electron chi connectivity index (χ2n) is 5.63. The van der Waals surface area contributed by atoms with Crippen molar-refractivity contribution < 1.29 is 23.9 Å². The Kier molecular flexibility index (Phi) is 8.09. The van der Waals surface area contributed by atoms with Crippen molar-refractivity contribution in [3.05, 3.63) is 72.3 Å². The molecule has 0 amide bonds. The molecule has 0 fully saturated rings. The first kappa shape index (κ1) is 20.5. The summed E-state index contributed by atoms with van der Waals surface area (Å²) < 4.78 is 10.4. The summed E-state index contributed by atoms with van der Waals surface area (Å²) in [5.74, 6) is -0.350. The summed E-state index contributed by atoms with van der Waals surface area (Å²) in [6, 6.07) is 15.1. The van der Waals surface area contributed by atoms with Crippen LogP contribution in [0.3, 0.4) is 0 Å². The van der Waals surface area contributed by atoms with E-state index in [1.54, 1.807) is 48.5 Å². The Morgan fingerprint density at radius 1 is 1.04 bits per heavy atom. The van der Waals surface area contributed by atoms with E-state index in [1.807, 2.05) is 6.07 Å². The molecule has 0 radical (unpaired) electrons. The van der Waals surface area contributed by atoms with Crippen LogP contribution in [0.25, 0.3) is 0 Å². The lowest BCUT2D eigenvalue weighted by atomic mass is 10.2. The Labute approximate surface area is 163 Å². The summed E-state index contributed by atoms with van der Waals surface area (Å²) in [4.78, 5) is 27.9. The summed E-state index contributed by atoms with van der Waals surface area (Å²) in [6.07, 6.45) is 2.54. The van der Waals surface area contributed by atoms with E-state index in [-0.39, 0.29) is 0 Å². The van der Waals surface area contributed by atoms with Gasteiger partial charge in [0.05, 0.1) is 36.1 Å². The number of anilines is 1. The monoisotopic (exact) mass is 380 g/mol. The number of esters is 1. The van der Waals surface area contributed by atoms with Gasteiger partial charge in [-0.3, -0.25) is 0 Å². The molecule has 1 N–H and O–H groups in total. The first-order valence-electron chi connectivity index (χ1n) is 8.62. The average molecular weight is 380 g/mol. The van der Waals surface area contributed by atoms with Gasteiger partial charge >= 0.3 is 11.9 Å². The van der Waals surface area contributed by atoms with Gasteiger partial charge in [0.25, 0.3) is 0 Å². The van der Waals surface area contributed by atoms with E-state index >= 15 is 0 Å². The number of carbonyl (C=O) groups excluding carboxylic acids is 2. The quantitative estimate of drug-likeness (QED) is 0.291. The number of hydrogen-bond acceptors (Lipinski definition) is 7. The zero-order valence-corrected chi connectivity index (χ0v) is 15.2. The number of hydrogen-bond donors (Lipinski definition) is 1. The van der Waals surface area contributed by atoms with Gasteiger partial charge in [0.2, 0.25) is 0 Å². The molecule has 0 aliphatic carbocycles. The Hall–Kier alpha value is -3.79. The minimum atomic E-state index is -0.542. The van der Waals surface area contributed by atoms with Gasteiger partial charge in [-0.2, -0.15) is 5.26 Å². The van der Waals surface area contributed by atoms with E-state index in [4.69, 9.17) is 19.6 Å². The second kappa shape index (κ2) is 11.0. The average Bonchev–Trinajstić information content (AvgIpc) is 2.75. The molecule has 0 saturated heterocycles. The summed E-state index contributed by atoms with van der Waals surface area (Å²) in [6.45, 7) is 4.11. The summed E-state index contributed by atoms with van der Waals surface area (Å²) in [5.41, 5.74) is 3.99. The molecule has 0 atom stereocenters. The molecule has 0 heterocycles. The van der Waals surface area contributed by atoms with Crippen molar-refractivity contribution in [3.63, 3.8) is 0 Å². The van der Waals surface area contributed by atoms with Gasteiger partial charge in [-0.25, -0.2) is 15.1 Å². The first-order valence-corrected chi connectivity index (χ1v) is 8.62. The zero-order chi connectivity index (χ0) is 20.2. The van der Waals surface area contributed by atoms with Crippen LogP contribution in [-0.4, -0.2) is 25.2 Å². The standard InChI is InChI=1S/C21H20N2O5/c1-2-20(24)27-14-4-3-13-26-19-11-7-17(8-12-19)21(25)28-23-18-9-5-16(15-22)6-10-18/h2,5-12,23H,1,3-4,13-14H2. The summed E-state index contributed by atoms with van der Waals surface area (Å²) in [5, 5.41) is 8.75. The van der Waals surface area contributed by atoms with E-state index in [1.165, 1.54) is 0 Å². The van der Waals surface area contributed by atoms with Crippen LogP contribution in [-0.2, 0) is 14.4 Å². The molecule has 28 heavy (non-hydrogen) atoms. The van der Waals surface area contributed by atoms with Crippen molar-refractivity contribution in [3.8, 4) is 11.8 Å². The summed E-state index contributed by atoms with van der Waals surface area (Å²) >= 11 is 0. The van der Waals surface area contributed by atoms with Crippen molar-refractivity contribution in [2.75, 3.05) is 18.7 Å². The minimum absolute atomic E-state index is 0.325. The van der Waals surface area contributed by atoms with Gasteiger partial charge < -0.3 is 14.3 Å². The SMILES string of the molecule is C=CC(=O)OCCCCOc1ccc(C(=O)ONc2ccc(C#N)cc2)cc1. The van der Waals surface area contributed by atoms with E-state index in [0.29, 0.717) is 42.2 Å². The zero-order valence-electron chi connectivity index (χ0n) is 15.2. The predicted molar refractivity (Wildman–Crippen MR) is 103 cm³/mol. The Balaban J connectivity index is 1.70. The fourth-order valence-electron chi connectivity index (χ4n) is 2.09. The van der Waals surface area contributed by atoms with Gasteiger partial charge in [-0.1, -0.05) is 6.58 Å². The van der Waals surface area contributed by atoms with Crippen LogP contribution in [0.4, 0.5) is 5.69 Å². The molecule has 144 valence electrons. The maximum absolute atomic E-state index is 12.0. The Morgan fingerprint density at radius 3 is 2.36 bits per heavy atom. The fraction of sp³-hybridized carbons (Fsp3) is 0.190. The summed E-state index contributed by atoms with van der Waals surface area (Å²) in [7, 11) is 0. The third-order valence-corrected chi connectivity index (χ3v) is 3.58. The molecular formula is C21H20N2O5. The third kappa shape index (κ3) is 6.84. The topological polar surface area (TPSA) is 97.7 Å². The van der Waals surface area contributed by atoms with Crippen LogP contribution < -0.4 is 10.2 Å². The van der Waals surface area contributed by atoms with E-state index in [9.17, 15) is 9.59 Å². The molecule has 0 saturated carbocycles. The fourth-order valence-corrected chi connectivity index (χ4v) is 2.09. The lowest BCUT2D eigenvalue weighted by Gasteiger charge is -2.08. The smallest absolute Gasteiger partial charge is 0.362 e. The van der Waals surface area contributed by atoms with Crippen LogP contribution >= 0.6 is 0 Å². The van der Waals surface area contributed by atoms with Crippen LogP contribution in [0.2, 0.25) is 0 Å². The predicted octanol–water partition coefficient (Wildman–Crippen LogP) is 3.63. The lowest BCUT2D eigenvalue weighted by molar-refractivity contribution is -0.137. The molecule has 0 spiro atoms. The molecule has 0 aromatic heterocycles. The molecule has 0 aliphatic rings. The highest BCUT2D eigenvalue weighted by atomic mass is 16.7. The van der Waals surface area contributed by atoms with Crippen molar-refractivity contribution in [2.45, 2.75) is 12.8 Å². The third-order valence-electron chi connectivity index (χ3n) is 3.58. The molecule has 0 aliphatic heterocycles. The molecule has 7 nitrogen and oxygen atoms in total. The number of nitrogens with one attached hydrogen (secondary N) is 1. The van der Waals surface area contributed by atoms with Crippen LogP contribution in [0.1, 0.15) is 28.8 Å². The van der Waals surface area contributed by atoms with Crippen molar-refractivity contribution in [2.24, 2.45) is 0 Å². The highest BCUT2D eigenvalue weighted by molar-refractivity contribution is 5.90. The van der Waals surface area contributed by atoms with Gasteiger partial charge in [0, 0.05) is 6.08 Å². The largest absolute Gasteiger partial charge is 0.494 e.